The molecule has 0 radical (unpaired) electrons. The molecule has 0 spiro atoms. The van der Waals surface area contributed by atoms with Gasteiger partial charge in [-0.2, -0.15) is 0 Å². The molecular formula is C14H22O3. The molecule has 0 aliphatic carbocycles. The van der Waals surface area contributed by atoms with Crippen LogP contribution in [0.5, 0.6) is 5.75 Å². The monoisotopic (exact) mass is 238 g/mol. The molecule has 0 fully saturated rings. The summed E-state index contributed by atoms with van der Waals surface area (Å²) in [5, 5.41) is 9.77. The molecule has 96 valence electrons. The molecule has 0 aromatic carbocycles. The third-order valence-corrected chi connectivity index (χ3v) is 3.36. The standard InChI is InChI=1S/C14H22O3/c1-4-10(2)7-5-6-8-12-9-17-14(16)11(3)13(12)15/h9-10,15H,4-8H2,1-3H3. The van der Waals surface area contributed by atoms with Crippen LogP contribution in [0.2, 0.25) is 0 Å². The van der Waals surface area contributed by atoms with Crippen LogP contribution >= 0.6 is 0 Å². The fourth-order valence-electron chi connectivity index (χ4n) is 1.80. The van der Waals surface area contributed by atoms with Crippen molar-refractivity contribution in [3.8, 4) is 5.75 Å². The Morgan fingerprint density at radius 1 is 1.41 bits per heavy atom. The van der Waals surface area contributed by atoms with Gasteiger partial charge < -0.3 is 9.52 Å². The van der Waals surface area contributed by atoms with Gasteiger partial charge >= 0.3 is 5.63 Å². The van der Waals surface area contributed by atoms with E-state index in [1.807, 2.05) is 0 Å². The van der Waals surface area contributed by atoms with E-state index in [4.69, 9.17) is 4.42 Å². The summed E-state index contributed by atoms with van der Waals surface area (Å²) in [7, 11) is 0. The number of hydrogen-bond acceptors (Lipinski definition) is 3. The van der Waals surface area contributed by atoms with Crippen molar-refractivity contribution in [2.45, 2.75) is 52.9 Å². The number of unbranched alkanes of at least 4 members (excludes halogenated alkanes) is 1. The zero-order valence-corrected chi connectivity index (χ0v) is 11.0. The Labute approximate surface area is 102 Å². The SMILES string of the molecule is CCC(C)CCCCc1coc(=O)c(C)c1O. The molecule has 0 aliphatic heterocycles. The van der Waals surface area contributed by atoms with Gasteiger partial charge in [-0.1, -0.05) is 33.1 Å². The Balaban J connectivity index is 2.48. The van der Waals surface area contributed by atoms with Crippen molar-refractivity contribution in [1.82, 2.24) is 0 Å². The highest BCUT2D eigenvalue weighted by molar-refractivity contribution is 5.35. The smallest absolute Gasteiger partial charge is 0.342 e. The van der Waals surface area contributed by atoms with Gasteiger partial charge in [-0.3, -0.25) is 0 Å². The second kappa shape index (κ2) is 6.48. The van der Waals surface area contributed by atoms with Crippen molar-refractivity contribution in [2.24, 2.45) is 5.92 Å². The first-order valence-corrected chi connectivity index (χ1v) is 6.36. The Kier molecular flexibility index (Phi) is 5.26. The number of hydrogen-bond donors (Lipinski definition) is 1. The quantitative estimate of drug-likeness (QED) is 0.773. The summed E-state index contributed by atoms with van der Waals surface area (Å²) >= 11 is 0. The molecule has 0 saturated heterocycles. The maximum atomic E-state index is 11.1. The Morgan fingerprint density at radius 2 is 2.12 bits per heavy atom. The van der Waals surface area contributed by atoms with Gasteiger partial charge in [0.05, 0.1) is 5.56 Å². The molecule has 1 aromatic heterocycles. The molecule has 3 heteroatoms. The number of rotatable bonds is 6. The van der Waals surface area contributed by atoms with E-state index in [1.165, 1.54) is 19.1 Å². The molecule has 1 atom stereocenters. The van der Waals surface area contributed by atoms with Gasteiger partial charge in [0.15, 0.2) is 0 Å². The molecule has 1 rings (SSSR count). The summed E-state index contributed by atoms with van der Waals surface area (Å²) in [6.45, 7) is 6.04. The van der Waals surface area contributed by atoms with Crippen molar-refractivity contribution in [3.63, 3.8) is 0 Å². The Bertz CT molecular complexity index is 406. The lowest BCUT2D eigenvalue weighted by Gasteiger charge is -2.08. The van der Waals surface area contributed by atoms with E-state index in [0.29, 0.717) is 5.56 Å². The van der Waals surface area contributed by atoms with Crippen molar-refractivity contribution in [3.05, 3.63) is 27.8 Å². The summed E-state index contributed by atoms with van der Waals surface area (Å²) in [6.07, 6.45) is 6.75. The van der Waals surface area contributed by atoms with Gasteiger partial charge in [0.25, 0.3) is 0 Å². The van der Waals surface area contributed by atoms with Crippen LogP contribution in [-0.2, 0) is 6.42 Å². The molecule has 0 saturated carbocycles. The zero-order valence-electron chi connectivity index (χ0n) is 11.0. The van der Waals surface area contributed by atoms with E-state index in [-0.39, 0.29) is 5.75 Å². The van der Waals surface area contributed by atoms with Crippen LogP contribution in [-0.4, -0.2) is 5.11 Å². The molecule has 0 aliphatic rings. The lowest BCUT2D eigenvalue weighted by Crippen LogP contribution is -2.04. The van der Waals surface area contributed by atoms with Crippen LogP contribution in [0.25, 0.3) is 0 Å². The Morgan fingerprint density at radius 3 is 2.76 bits per heavy atom. The third-order valence-electron chi connectivity index (χ3n) is 3.36. The summed E-state index contributed by atoms with van der Waals surface area (Å²) in [6, 6.07) is 0. The zero-order chi connectivity index (χ0) is 12.8. The fraction of sp³-hybridized carbons (Fsp3) is 0.643. The van der Waals surface area contributed by atoms with Gasteiger partial charge in [-0.05, 0) is 25.7 Å². The van der Waals surface area contributed by atoms with E-state index < -0.39 is 5.63 Å². The third kappa shape index (κ3) is 3.91. The lowest BCUT2D eigenvalue weighted by molar-refractivity contribution is 0.424. The largest absolute Gasteiger partial charge is 0.507 e. The highest BCUT2D eigenvalue weighted by Gasteiger charge is 2.09. The minimum Gasteiger partial charge on any atom is -0.507 e. The van der Waals surface area contributed by atoms with Gasteiger partial charge in [0.1, 0.15) is 12.0 Å². The lowest BCUT2D eigenvalue weighted by atomic mass is 9.99. The maximum Gasteiger partial charge on any atom is 0.342 e. The van der Waals surface area contributed by atoms with Crippen LogP contribution in [0.3, 0.4) is 0 Å². The van der Waals surface area contributed by atoms with E-state index in [2.05, 4.69) is 13.8 Å². The average molecular weight is 238 g/mol. The molecule has 1 unspecified atom stereocenters. The first-order valence-electron chi connectivity index (χ1n) is 6.36. The second-order valence-electron chi connectivity index (χ2n) is 4.78. The first-order chi connectivity index (χ1) is 8.06. The Hall–Kier alpha value is -1.25. The second-order valence-corrected chi connectivity index (χ2v) is 4.78. The molecular weight excluding hydrogens is 216 g/mol. The van der Waals surface area contributed by atoms with Crippen LogP contribution < -0.4 is 5.63 Å². The van der Waals surface area contributed by atoms with E-state index >= 15 is 0 Å². The van der Waals surface area contributed by atoms with E-state index in [0.717, 1.165) is 30.7 Å². The normalized spacial score (nSPS) is 12.6. The average Bonchev–Trinajstić information content (AvgIpc) is 2.33. The summed E-state index contributed by atoms with van der Waals surface area (Å²) < 4.78 is 4.85. The summed E-state index contributed by atoms with van der Waals surface area (Å²) in [5.74, 6) is 0.865. The highest BCUT2D eigenvalue weighted by atomic mass is 16.4. The summed E-state index contributed by atoms with van der Waals surface area (Å²) in [5.41, 5.74) is 0.599. The molecule has 1 heterocycles. The number of aryl methyl sites for hydroxylation is 1. The van der Waals surface area contributed by atoms with Gasteiger partial charge in [-0.15, -0.1) is 0 Å². The van der Waals surface area contributed by atoms with Crippen LogP contribution in [0, 0.1) is 12.8 Å². The predicted molar refractivity (Wildman–Crippen MR) is 68.4 cm³/mol. The molecule has 1 N–H and O–H groups in total. The molecule has 0 bridgehead atoms. The van der Waals surface area contributed by atoms with Crippen LogP contribution in [0.4, 0.5) is 0 Å². The molecule has 3 nitrogen and oxygen atoms in total. The predicted octanol–water partition coefficient (Wildman–Crippen LogP) is 3.41. The van der Waals surface area contributed by atoms with Crippen molar-refractivity contribution in [1.29, 1.82) is 0 Å². The highest BCUT2D eigenvalue weighted by Crippen LogP contribution is 2.21. The molecule has 0 amide bonds. The van der Waals surface area contributed by atoms with Gasteiger partial charge in [-0.25, -0.2) is 4.79 Å². The number of aromatic hydroxyl groups is 1. The van der Waals surface area contributed by atoms with E-state index in [1.54, 1.807) is 6.92 Å². The maximum absolute atomic E-state index is 11.1. The summed E-state index contributed by atoms with van der Waals surface area (Å²) in [4.78, 5) is 11.1. The molecule has 1 aromatic rings. The van der Waals surface area contributed by atoms with Crippen LogP contribution in [0.1, 0.15) is 50.7 Å². The van der Waals surface area contributed by atoms with Gasteiger partial charge in [0.2, 0.25) is 0 Å². The first kappa shape index (κ1) is 13.8. The van der Waals surface area contributed by atoms with E-state index in [9.17, 15) is 9.90 Å². The topological polar surface area (TPSA) is 50.4 Å². The van der Waals surface area contributed by atoms with Crippen molar-refractivity contribution >= 4 is 0 Å². The van der Waals surface area contributed by atoms with Crippen molar-refractivity contribution in [2.75, 3.05) is 0 Å². The fourth-order valence-corrected chi connectivity index (χ4v) is 1.80. The minimum absolute atomic E-state index is 0.102. The molecule has 17 heavy (non-hydrogen) atoms. The van der Waals surface area contributed by atoms with Gasteiger partial charge in [0, 0.05) is 5.56 Å². The van der Waals surface area contributed by atoms with Crippen molar-refractivity contribution < 1.29 is 9.52 Å². The van der Waals surface area contributed by atoms with Crippen LogP contribution in [0.15, 0.2) is 15.5 Å². The minimum atomic E-state index is -0.453.